The Hall–Kier alpha value is -3.45. The van der Waals surface area contributed by atoms with E-state index in [9.17, 15) is 14.9 Å². The number of nitrogens with zero attached hydrogens (tertiary/aromatic N) is 3. The lowest BCUT2D eigenvalue weighted by Crippen LogP contribution is -2.19. The van der Waals surface area contributed by atoms with E-state index < -0.39 is 10.8 Å². The smallest absolute Gasteiger partial charge is 0.282 e. The molecule has 148 valence electrons. The second kappa shape index (κ2) is 8.28. The maximum absolute atomic E-state index is 12.3. The van der Waals surface area contributed by atoms with E-state index in [0.29, 0.717) is 5.02 Å². The van der Waals surface area contributed by atoms with Gasteiger partial charge in [-0.05, 0) is 50.6 Å². The maximum Gasteiger partial charge on any atom is 0.282 e. The summed E-state index contributed by atoms with van der Waals surface area (Å²) < 4.78 is 2.06. The summed E-state index contributed by atoms with van der Waals surface area (Å²) >= 11 is 6.15. The number of carbonyl (C=O) groups excluding carboxylic acids is 1. The van der Waals surface area contributed by atoms with E-state index >= 15 is 0 Å². The maximum atomic E-state index is 12.3. The van der Waals surface area contributed by atoms with Gasteiger partial charge in [0.25, 0.3) is 11.6 Å². The highest BCUT2D eigenvalue weighted by atomic mass is 35.5. The van der Waals surface area contributed by atoms with Crippen LogP contribution in [0.5, 0.6) is 0 Å². The molecule has 1 amide bonds. The average molecular weight is 411 g/mol. The fraction of sp³-hybridized carbons (Fsp3) is 0.143. The second-order valence-corrected chi connectivity index (χ2v) is 7.00. The van der Waals surface area contributed by atoms with Crippen LogP contribution in [0, 0.1) is 30.9 Å². The van der Waals surface area contributed by atoms with Gasteiger partial charge in [-0.2, -0.15) is 5.10 Å². The SMILES string of the molecule is Cc1ccc(Cl)cc1-n1c(C)cc(/C=N\NC(=O)c2ccccc2[N+](=O)[O-])c1C. The normalized spacial score (nSPS) is 11.0. The van der Waals surface area contributed by atoms with E-state index in [0.717, 1.165) is 28.2 Å². The lowest BCUT2D eigenvalue weighted by atomic mass is 10.2. The lowest BCUT2D eigenvalue weighted by molar-refractivity contribution is -0.385. The van der Waals surface area contributed by atoms with E-state index in [1.165, 1.54) is 24.4 Å². The van der Waals surface area contributed by atoms with Crippen LogP contribution < -0.4 is 5.43 Å². The molecule has 0 unspecified atom stereocenters. The van der Waals surface area contributed by atoms with Crippen molar-refractivity contribution in [3.05, 3.63) is 91.7 Å². The van der Waals surface area contributed by atoms with Crippen LogP contribution in [0.2, 0.25) is 5.02 Å². The van der Waals surface area contributed by atoms with E-state index in [1.54, 1.807) is 6.07 Å². The van der Waals surface area contributed by atoms with Crippen LogP contribution in [0.15, 0.2) is 53.6 Å². The Labute approximate surface area is 172 Å². The monoisotopic (exact) mass is 410 g/mol. The van der Waals surface area contributed by atoms with Crippen LogP contribution >= 0.6 is 11.6 Å². The largest absolute Gasteiger partial charge is 0.318 e. The summed E-state index contributed by atoms with van der Waals surface area (Å²) in [6.07, 6.45) is 1.52. The van der Waals surface area contributed by atoms with Crippen LogP contribution in [0.3, 0.4) is 0 Å². The molecular formula is C21H19ClN4O3. The molecule has 0 saturated carbocycles. The van der Waals surface area contributed by atoms with Crippen molar-refractivity contribution in [2.75, 3.05) is 0 Å². The number of amides is 1. The molecule has 0 aliphatic heterocycles. The molecule has 0 spiro atoms. The number of aryl methyl sites for hydroxylation is 2. The summed E-state index contributed by atoms with van der Waals surface area (Å²) in [7, 11) is 0. The number of rotatable bonds is 5. The summed E-state index contributed by atoms with van der Waals surface area (Å²) in [6.45, 7) is 5.92. The molecule has 7 nitrogen and oxygen atoms in total. The van der Waals surface area contributed by atoms with Gasteiger partial charge in [-0.25, -0.2) is 5.43 Å². The molecule has 29 heavy (non-hydrogen) atoms. The van der Waals surface area contributed by atoms with Crippen molar-refractivity contribution in [3.63, 3.8) is 0 Å². The topological polar surface area (TPSA) is 89.5 Å². The van der Waals surface area contributed by atoms with Crippen LogP contribution in [0.4, 0.5) is 5.69 Å². The number of carbonyl (C=O) groups is 1. The number of aromatic nitrogens is 1. The zero-order valence-corrected chi connectivity index (χ0v) is 16.9. The molecule has 0 aliphatic carbocycles. The first-order valence-corrected chi connectivity index (χ1v) is 9.19. The molecule has 0 saturated heterocycles. The second-order valence-electron chi connectivity index (χ2n) is 6.57. The number of para-hydroxylation sites is 1. The van der Waals surface area contributed by atoms with Gasteiger partial charge in [0.15, 0.2) is 0 Å². The molecule has 0 bridgehead atoms. The molecule has 1 N–H and O–H groups in total. The predicted molar refractivity (Wildman–Crippen MR) is 113 cm³/mol. The van der Waals surface area contributed by atoms with Crippen LogP contribution in [0.25, 0.3) is 5.69 Å². The van der Waals surface area contributed by atoms with E-state index in [1.807, 2.05) is 45.0 Å². The van der Waals surface area contributed by atoms with Gasteiger partial charge < -0.3 is 4.57 Å². The van der Waals surface area contributed by atoms with E-state index in [4.69, 9.17) is 11.6 Å². The van der Waals surface area contributed by atoms with Gasteiger partial charge in [-0.3, -0.25) is 14.9 Å². The van der Waals surface area contributed by atoms with Crippen LogP contribution in [-0.4, -0.2) is 21.6 Å². The zero-order valence-electron chi connectivity index (χ0n) is 16.1. The molecule has 0 atom stereocenters. The molecular weight excluding hydrogens is 392 g/mol. The summed E-state index contributed by atoms with van der Waals surface area (Å²) in [4.78, 5) is 22.7. The number of nitrogens with one attached hydrogen (secondary N) is 1. The quantitative estimate of drug-likeness (QED) is 0.374. The Balaban J connectivity index is 1.85. The van der Waals surface area contributed by atoms with Crippen molar-refractivity contribution in [3.8, 4) is 5.69 Å². The molecule has 2 aromatic carbocycles. The first kappa shape index (κ1) is 20.3. The van der Waals surface area contributed by atoms with Crippen LogP contribution in [-0.2, 0) is 0 Å². The van der Waals surface area contributed by atoms with Gasteiger partial charge in [0.05, 0.1) is 11.1 Å². The Morgan fingerprint density at radius 1 is 1.17 bits per heavy atom. The van der Waals surface area contributed by atoms with Gasteiger partial charge >= 0.3 is 0 Å². The molecule has 0 radical (unpaired) electrons. The predicted octanol–water partition coefficient (Wildman–Crippen LogP) is 4.73. The van der Waals surface area contributed by atoms with Crippen LogP contribution in [0.1, 0.15) is 32.9 Å². The minimum absolute atomic E-state index is 0.0466. The van der Waals surface area contributed by atoms with Gasteiger partial charge in [-0.15, -0.1) is 0 Å². The molecule has 0 fully saturated rings. The number of benzene rings is 2. The van der Waals surface area contributed by atoms with Gasteiger partial charge in [0.1, 0.15) is 5.56 Å². The summed E-state index contributed by atoms with van der Waals surface area (Å²) in [5.41, 5.74) is 6.80. The minimum atomic E-state index is -0.645. The summed E-state index contributed by atoms with van der Waals surface area (Å²) in [6, 6.07) is 13.4. The Morgan fingerprint density at radius 2 is 1.90 bits per heavy atom. The zero-order chi connectivity index (χ0) is 21.1. The molecule has 0 aliphatic rings. The van der Waals surface area contributed by atoms with Gasteiger partial charge in [0, 0.05) is 33.7 Å². The average Bonchev–Trinajstić information content (AvgIpc) is 2.97. The number of nitro benzene ring substituents is 1. The third-order valence-corrected chi connectivity index (χ3v) is 4.83. The first-order chi connectivity index (χ1) is 13.8. The summed E-state index contributed by atoms with van der Waals surface area (Å²) in [5.74, 6) is -0.645. The fourth-order valence-corrected chi connectivity index (χ4v) is 3.32. The molecule has 1 aromatic heterocycles. The molecule has 3 rings (SSSR count). The Morgan fingerprint density at radius 3 is 2.62 bits per heavy atom. The standard InChI is InChI=1S/C21H19ClN4O3/c1-13-8-9-17(22)11-20(13)25-14(2)10-16(15(25)3)12-23-24-21(27)18-6-4-5-7-19(18)26(28)29/h4-12H,1-3H3,(H,24,27)/b23-12-. The van der Waals surface area contributed by atoms with E-state index in [2.05, 4.69) is 15.1 Å². The lowest BCUT2D eigenvalue weighted by Gasteiger charge is -2.13. The van der Waals surface area contributed by atoms with Crippen molar-refractivity contribution >= 4 is 29.4 Å². The van der Waals surface area contributed by atoms with Gasteiger partial charge in [0.2, 0.25) is 0 Å². The Bertz CT molecular complexity index is 1130. The molecule has 8 heteroatoms. The van der Waals surface area contributed by atoms with E-state index in [-0.39, 0.29) is 11.3 Å². The van der Waals surface area contributed by atoms with Gasteiger partial charge in [-0.1, -0.05) is 29.8 Å². The van der Waals surface area contributed by atoms with Crippen molar-refractivity contribution < 1.29 is 9.72 Å². The highest BCUT2D eigenvalue weighted by molar-refractivity contribution is 6.30. The summed E-state index contributed by atoms with van der Waals surface area (Å²) in [5, 5.41) is 15.7. The third kappa shape index (κ3) is 4.20. The number of nitro groups is 1. The highest BCUT2D eigenvalue weighted by Crippen LogP contribution is 2.25. The highest BCUT2D eigenvalue weighted by Gasteiger charge is 2.18. The molecule has 1 heterocycles. The Kier molecular flexibility index (Phi) is 5.79. The fourth-order valence-electron chi connectivity index (χ4n) is 3.16. The number of hydrazone groups is 1. The first-order valence-electron chi connectivity index (χ1n) is 8.82. The third-order valence-electron chi connectivity index (χ3n) is 4.60. The van der Waals surface area contributed by atoms with Crippen molar-refractivity contribution in [1.29, 1.82) is 0 Å². The van der Waals surface area contributed by atoms with Crippen molar-refractivity contribution in [1.82, 2.24) is 9.99 Å². The number of halogens is 1. The van der Waals surface area contributed by atoms with Crippen molar-refractivity contribution in [2.45, 2.75) is 20.8 Å². The molecule has 3 aromatic rings. The number of hydrogen-bond donors (Lipinski definition) is 1. The minimum Gasteiger partial charge on any atom is -0.318 e. The van der Waals surface area contributed by atoms with Crippen molar-refractivity contribution in [2.24, 2.45) is 5.10 Å². The number of hydrogen-bond acceptors (Lipinski definition) is 4.